The van der Waals surface area contributed by atoms with Gasteiger partial charge < -0.3 is 15.4 Å². The summed E-state index contributed by atoms with van der Waals surface area (Å²) in [7, 11) is 0. The Kier molecular flexibility index (Phi) is 2.49. The summed E-state index contributed by atoms with van der Waals surface area (Å²) in [6, 6.07) is 4.86. The number of nitrogen functional groups attached to an aromatic ring is 1. The highest BCUT2D eigenvalue weighted by Crippen LogP contribution is 2.31. The molecule has 0 saturated heterocycles. The van der Waals surface area contributed by atoms with E-state index in [1.807, 2.05) is 0 Å². The van der Waals surface area contributed by atoms with Crippen molar-refractivity contribution in [3.63, 3.8) is 0 Å². The number of carbonyl (C=O) groups is 1. The van der Waals surface area contributed by atoms with E-state index >= 15 is 0 Å². The average molecular weight is 240 g/mol. The number of hydrogen-bond donors (Lipinski definition) is 2. The molecule has 1 aromatic heterocycles. The molecule has 7 heteroatoms. The van der Waals surface area contributed by atoms with Crippen LogP contribution in [0.3, 0.4) is 0 Å². The maximum atomic E-state index is 10.6. The molecule has 6 nitrogen and oxygen atoms in total. The fourth-order valence-electron chi connectivity index (χ4n) is 1.18. The molecule has 0 spiro atoms. The Balaban J connectivity index is 2.54. The summed E-state index contributed by atoms with van der Waals surface area (Å²) in [5.74, 6) is -1.73. The molecule has 82 valence electrons. The summed E-state index contributed by atoms with van der Waals surface area (Å²) in [6.45, 7) is 0. The number of carboxylic acids is 1. The van der Waals surface area contributed by atoms with E-state index < -0.39 is 11.8 Å². The number of anilines is 1. The number of rotatable bonds is 2. The van der Waals surface area contributed by atoms with Gasteiger partial charge in [0.25, 0.3) is 11.7 Å². The zero-order valence-corrected chi connectivity index (χ0v) is 8.60. The summed E-state index contributed by atoms with van der Waals surface area (Å²) in [4.78, 5) is 14.2. The number of nitrogens with two attached hydrogens (primary N) is 1. The van der Waals surface area contributed by atoms with Crippen molar-refractivity contribution >= 4 is 23.3 Å². The number of nitrogens with zero attached hydrogens (tertiary/aromatic N) is 2. The van der Waals surface area contributed by atoms with Crippen molar-refractivity contribution in [3.05, 3.63) is 29.0 Å². The predicted molar refractivity (Wildman–Crippen MR) is 56.1 cm³/mol. The van der Waals surface area contributed by atoms with Crippen LogP contribution in [0.4, 0.5) is 5.69 Å². The van der Waals surface area contributed by atoms with Gasteiger partial charge in [-0.25, -0.2) is 4.79 Å². The van der Waals surface area contributed by atoms with Gasteiger partial charge in [0.05, 0.1) is 10.6 Å². The second-order valence-corrected chi connectivity index (χ2v) is 3.34. The number of benzene rings is 1. The lowest BCUT2D eigenvalue weighted by Gasteiger charge is -2.01. The molecule has 0 bridgehead atoms. The zero-order valence-electron chi connectivity index (χ0n) is 7.85. The first-order valence-corrected chi connectivity index (χ1v) is 4.58. The molecular formula is C9H6ClN3O3. The Morgan fingerprint density at radius 3 is 2.81 bits per heavy atom. The van der Waals surface area contributed by atoms with Gasteiger partial charge in [-0.05, 0) is 17.3 Å². The Morgan fingerprint density at radius 1 is 1.50 bits per heavy atom. The minimum absolute atomic E-state index is 0.0134. The smallest absolute Gasteiger partial charge is 0.377 e. The van der Waals surface area contributed by atoms with Gasteiger partial charge in [0.1, 0.15) is 0 Å². The van der Waals surface area contributed by atoms with Gasteiger partial charge in [-0.15, -0.1) is 0 Å². The molecule has 0 aliphatic carbocycles. The molecule has 16 heavy (non-hydrogen) atoms. The molecule has 1 aromatic carbocycles. The fourth-order valence-corrected chi connectivity index (χ4v) is 1.44. The highest BCUT2D eigenvalue weighted by atomic mass is 35.5. The third-order valence-electron chi connectivity index (χ3n) is 1.88. The third-order valence-corrected chi connectivity index (χ3v) is 2.19. The molecule has 0 amide bonds. The fraction of sp³-hybridized carbons (Fsp3) is 0. The van der Waals surface area contributed by atoms with Crippen LogP contribution >= 0.6 is 11.6 Å². The Bertz CT molecular complexity index is 532. The first-order valence-electron chi connectivity index (χ1n) is 4.21. The molecule has 0 unspecified atom stereocenters. The van der Waals surface area contributed by atoms with Crippen LogP contribution in [0.1, 0.15) is 10.6 Å². The molecule has 2 aromatic rings. The molecule has 2 rings (SSSR count). The van der Waals surface area contributed by atoms with E-state index in [9.17, 15) is 4.79 Å². The van der Waals surface area contributed by atoms with Gasteiger partial charge >= 0.3 is 5.97 Å². The van der Waals surface area contributed by atoms with Gasteiger partial charge in [0.15, 0.2) is 0 Å². The third kappa shape index (κ3) is 1.70. The summed E-state index contributed by atoms with van der Waals surface area (Å²) in [5.41, 5.74) is 6.36. The minimum atomic E-state index is -1.28. The van der Waals surface area contributed by atoms with Crippen molar-refractivity contribution in [2.75, 3.05) is 5.73 Å². The van der Waals surface area contributed by atoms with Crippen molar-refractivity contribution in [1.29, 1.82) is 0 Å². The molecule has 0 saturated carbocycles. The van der Waals surface area contributed by atoms with E-state index in [1.165, 1.54) is 0 Å². The molecule has 0 radical (unpaired) electrons. The monoisotopic (exact) mass is 239 g/mol. The molecule has 0 fully saturated rings. The lowest BCUT2D eigenvalue weighted by atomic mass is 10.2. The van der Waals surface area contributed by atoms with E-state index in [2.05, 4.69) is 10.1 Å². The SMILES string of the molecule is Nc1cccc(Cl)c1-c1nc(C(=O)O)no1. The second kappa shape index (κ2) is 3.82. The van der Waals surface area contributed by atoms with Gasteiger partial charge in [-0.2, -0.15) is 4.98 Å². The topological polar surface area (TPSA) is 102 Å². The molecular weight excluding hydrogens is 234 g/mol. The Hall–Kier alpha value is -2.08. The molecule has 0 atom stereocenters. The first-order chi connectivity index (χ1) is 7.59. The maximum absolute atomic E-state index is 10.6. The normalized spacial score (nSPS) is 10.3. The van der Waals surface area contributed by atoms with Crippen LogP contribution in [0.15, 0.2) is 22.7 Å². The predicted octanol–water partition coefficient (Wildman–Crippen LogP) is 1.67. The summed E-state index contributed by atoms with van der Waals surface area (Å²) >= 11 is 5.90. The number of carboxylic acid groups (broad SMARTS) is 1. The summed E-state index contributed by atoms with van der Waals surface area (Å²) in [6.07, 6.45) is 0. The van der Waals surface area contributed by atoms with Crippen molar-refractivity contribution in [3.8, 4) is 11.5 Å². The number of hydrogen-bond acceptors (Lipinski definition) is 5. The van der Waals surface area contributed by atoms with E-state index in [0.717, 1.165) is 0 Å². The van der Waals surface area contributed by atoms with Crippen molar-refractivity contribution < 1.29 is 14.4 Å². The lowest BCUT2D eigenvalue weighted by Crippen LogP contribution is -1.98. The highest BCUT2D eigenvalue weighted by Gasteiger charge is 2.18. The number of aromatic carboxylic acids is 1. The zero-order chi connectivity index (χ0) is 11.7. The lowest BCUT2D eigenvalue weighted by molar-refractivity contribution is 0.0680. The maximum Gasteiger partial charge on any atom is 0.377 e. The summed E-state index contributed by atoms with van der Waals surface area (Å²) in [5, 5.41) is 12.2. The minimum Gasteiger partial charge on any atom is -0.475 e. The van der Waals surface area contributed by atoms with Crippen molar-refractivity contribution in [2.24, 2.45) is 0 Å². The van der Waals surface area contributed by atoms with Crippen LogP contribution in [0.25, 0.3) is 11.5 Å². The Morgan fingerprint density at radius 2 is 2.25 bits per heavy atom. The molecule has 3 N–H and O–H groups in total. The second-order valence-electron chi connectivity index (χ2n) is 2.93. The van der Waals surface area contributed by atoms with Gasteiger partial charge in [0.2, 0.25) is 0 Å². The number of aromatic nitrogens is 2. The van der Waals surface area contributed by atoms with Crippen LogP contribution < -0.4 is 5.73 Å². The van der Waals surface area contributed by atoms with E-state index in [-0.39, 0.29) is 5.89 Å². The Labute approximate surface area is 94.6 Å². The van der Waals surface area contributed by atoms with Crippen LogP contribution in [0, 0.1) is 0 Å². The molecule has 0 aliphatic heterocycles. The first kappa shape index (κ1) is 10.4. The average Bonchev–Trinajstić information content (AvgIpc) is 2.66. The standard InChI is InChI=1S/C9H6ClN3O3/c10-4-2-1-3-5(11)6(4)8-12-7(9(14)15)13-16-8/h1-3H,11H2,(H,14,15). The van der Waals surface area contributed by atoms with E-state index in [0.29, 0.717) is 16.3 Å². The van der Waals surface area contributed by atoms with Gasteiger partial charge in [-0.1, -0.05) is 17.7 Å². The van der Waals surface area contributed by atoms with E-state index in [1.54, 1.807) is 18.2 Å². The largest absolute Gasteiger partial charge is 0.475 e. The van der Waals surface area contributed by atoms with Gasteiger partial charge in [0, 0.05) is 5.69 Å². The van der Waals surface area contributed by atoms with Crippen LogP contribution in [0.2, 0.25) is 5.02 Å². The van der Waals surface area contributed by atoms with Crippen LogP contribution in [-0.4, -0.2) is 21.2 Å². The van der Waals surface area contributed by atoms with Crippen LogP contribution in [-0.2, 0) is 0 Å². The van der Waals surface area contributed by atoms with Crippen LogP contribution in [0.5, 0.6) is 0 Å². The number of halogens is 1. The van der Waals surface area contributed by atoms with E-state index in [4.69, 9.17) is 27.0 Å². The molecule has 1 heterocycles. The van der Waals surface area contributed by atoms with Crippen molar-refractivity contribution in [2.45, 2.75) is 0 Å². The quantitative estimate of drug-likeness (QED) is 0.773. The van der Waals surface area contributed by atoms with Gasteiger partial charge in [-0.3, -0.25) is 0 Å². The summed E-state index contributed by atoms with van der Waals surface area (Å²) < 4.78 is 4.77. The van der Waals surface area contributed by atoms with Crippen molar-refractivity contribution in [1.82, 2.24) is 10.1 Å². The highest BCUT2D eigenvalue weighted by molar-refractivity contribution is 6.33. The molecule has 0 aliphatic rings.